The van der Waals surface area contributed by atoms with Crippen LogP contribution in [-0.2, 0) is 0 Å². The lowest BCUT2D eigenvalue weighted by Crippen LogP contribution is -2.31. The van der Waals surface area contributed by atoms with E-state index in [0.29, 0.717) is 23.0 Å². The van der Waals surface area contributed by atoms with Crippen LogP contribution in [0, 0.1) is 20.8 Å². The Morgan fingerprint density at radius 2 is 1.54 bits per heavy atom. The maximum Gasteiger partial charge on any atom is 0.165 e. The Bertz CT molecular complexity index is 1410. The Labute approximate surface area is 220 Å². The summed E-state index contributed by atoms with van der Waals surface area (Å²) < 4.78 is 13.1. The van der Waals surface area contributed by atoms with E-state index in [0.717, 1.165) is 28.0 Å². The molecule has 0 aromatic heterocycles. The van der Waals surface area contributed by atoms with Crippen LogP contribution in [0.3, 0.4) is 0 Å². The molecular weight excluding hydrogens is 462 g/mol. The molecule has 1 aliphatic rings. The van der Waals surface area contributed by atoms with E-state index < -0.39 is 5.60 Å². The zero-order chi connectivity index (χ0) is 27.4. The predicted molar refractivity (Wildman–Crippen MR) is 149 cm³/mol. The third kappa shape index (κ3) is 4.41. The van der Waals surface area contributed by atoms with E-state index in [2.05, 4.69) is 52.0 Å². The van der Waals surface area contributed by atoms with Gasteiger partial charge in [-0.3, -0.25) is 9.59 Å². The minimum absolute atomic E-state index is 0.00259. The van der Waals surface area contributed by atoms with Gasteiger partial charge >= 0.3 is 0 Å². The van der Waals surface area contributed by atoms with Gasteiger partial charge < -0.3 is 15.2 Å². The lowest BCUT2D eigenvalue weighted by Gasteiger charge is -2.27. The first kappa shape index (κ1) is 26.5. The van der Waals surface area contributed by atoms with Crippen molar-refractivity contribution in [3.8, 4) is 17.2 Å². The Kier molecular flexibility index (Phi) is 6.70. The smallest absolute Gasteiger partial charge is 0.165 e. The minimum Gasteiger partial charge on any atom is -0.486 e. The fourth-order valence-corrected chi connectivity index (χ4v) is 5.52. The Morgan fingerprint density at radius 3 is 2.08 bits per heavy atom. The number of hydrogen-bond donors (Lipinski definition) is 1. The van der Waals surface area contributed by atoms with Crippen molar-refractivity contribution >= 4 is 17.3 Å². The van der Waals surface area contributed by atoms with Crippen LogP contribution in [-0.4, -0.2) is 17.2 Å². The highest BCUT2D eigenvalue weighted by Gasteiger charge is 2.45. The highest BCUT2D eigenvalue weighted by molar-refractivity contribution is 6.09. The molecule has 5 heteroatoms. The normalized spacial score (nSPS) is 15.9. The molecular formula is C32H37NO4. The van der Waals surface area contributed by atoms with Gasteiger partial charge in [-0.15, -0.1) is 0 Å². The zero-order valence-corrected chi connectivity index (χ0v) is 23.3. The molecule has 0 radical (unpaired) electrons. The Morgan fingerprint density at radius 1 is 0.919 bits per heavy atom. The van der Waals surface area contributed by atoms with Gasteiger partial charge in [0.05, 0.1) is 17.2 Å². The molecule has 3 aromatic rings. The van der Waals surface area contributed by atoms with Crippen LogP contribution in [0.15, 0.2) is 36.4 Å². The lowest BCUT2D eigenvalue weighted by molar-refractivity contribution is 0.101. The van der Waals surface area contributed by atoms with Gasteiger partial charge in [0.15, 0.2) is 11.6 Å². The van der Waals surface area contributed by atoms with Gasteiger partial charge in [0.1, 0.15) is 22.8 Å². The molecule has 2 N–H and O–H groups in total. The van der Waals surface area contributed by atoms with Crippen LogP contribution < -0.4 is 15.2 Å². The Balaban J connectivity index is 1.90. The lowest BCUT2D eigenvalue weighted by atomic mass is 9.78. The molecule has 0 bridgehead atoms. The van der Waals surface area contributed by atoms with Crippen molar-refractivity contribution < 1.29 is 19.1 Å². The van der Waals surface area contributed by atoms with Crippen LogP contribution in [0.1, 0.15) is 107 Å². The summed E-state index contributed by atoms with van der Waals surface area (Å²) in [7, 11) is 0. The molecule has 0 saturated carbocycles. The molecule has 0 amide bonds. The van der Waals surface area contributed by atoms with Gasteiger partial charge in [-0.05, 0) is 94.3 Å². The molecule has 1 aliphatic heterocycles. The van der Waals surface area contributed by atoms with Gasteiger partial charge in [0.25, 0.3) is 0 Å². The van der Waals surface area contributed by atoms with Crippen LogP contribution in [0.25, 0.3) is 0 Å². The van der Waals surface area contributed by atoms with E-state index >= 15 is 0 Å². The van der Waals surface area contributed by atoms with Gasteiger partial charge in [-0.25, -0.2) is 0 Å². The number of Topliss-reactive ketones (excluding diaryl/α,β-unsaturated/α-hetero) is 2. The van der Waals surface area contributed by atoms with Crippen molar-refractivity contribution in [1.29, 1.82) is 0 Å². The van der Waals surface area contributed by atoms with E-state index in [1.165, 1.54) is 25.0 Å². The second kappa shape index (κ2) is 9.37. The maximum absolute atomic E-state index is 12.6. The number of nitrogens with two attached hydrogens (primary N) is 1. The molecule has 1 atom stereocenters. The van der Waals surface area contributed by atoms with E-state index in [9.17, 15) is 9.59 Å². The van der Waals surface area contributed by atoms with Gasteiger partial charge in [0.2, 0.25) is 0 Å². The number of ketones is 2. The maximum atomic E-state index is 12.6. The predicted octanol–water partition coefficient (Wildman–Crippen LogP) is 7.82. The van der Waals surface area contributed by atoms with Gasteiger partial charge in [-0.1, -0.05) is 38.1 Å². The fraction of sp³-hybridized carbons (Fsp3) is 0.375. The van der Waals surface area contributed by atoms with Gasteiger partial charge in [-0.2, -0.15) is 0 Å². The summed E-state index contributed by atoms with van der Waals surface area (Å²) in [4.78, 5) is 24.6. The monoisotopic (exact) mass is 499 g/mol. The minimum atomic E-state index is -0.458. The molecule has 1 heterocycles. The number of fused-ring (bicyclic) bond motifs is 1. The summed E-state index contributed by atoms with van der Waals surface area (Å²) in [5.41, 5.74) is 13.0. The number of carbonyl (C=O) groups is 2. The first-order valence-corrected chi connectivity index (χ1v) is 12.8. The third-order valence-electron chi connectivity index (χ3n) is 7.67. The summed E-state index contributed by atoms with van der Waals surface area (Å²) in [6.07, 6.45) is 0. The van der Waals surface area contributed by atoms with Crippen molar-refractivity contribution in [2.45, 2.75) is 79.8 Å². The average molecular weight is 500 g/mol. The molecule has 0 fully saturated rings. The molecule has 0 aliphatic carbocycles. The van der Waals surface area contributed by atoms with E-state index in [1.807, 2.05) is 20.8 Å². The summed E-state index contributed by atoms with van der Waals surface area (Å²) >= 11 is 0. The Hall–Kier alpha value is -3.60. The number of anilines is 1. The molecule has 5 nitrogen and oxygen atoms in total. The molecule has 3 aromatic carbocycles. The van der Waals surface area contributed by atoms with E-state index in [1.54, 1.807) is 12.1 Å². The fourth-order valence-electron chi connectivity index (χ4n) is 5.52. The van der Waals surface area contributed by atoms with Crippen LogP contribution in [0.2, 0.25) is 0 Å². The third-order valence-corrected chi connectivity index (χ3v) is 7.67. The highest BCUT2D eigenvalue weighted by atomic mass is 16.5. The molecule has 4 rings (SSSR count). The molecule has 0 saturated heterocycles. The van der Waals surface area contributed by atoms with Crippen molar-refractivity contribution in [2.75, 3.05) is 5.73 Å². The summed E-state index contributed by atoms with van der Waals surface area (Å²) in [5, 5.41) is 0. The summed E-state index contributed by atoms with van der Waals surface area (Å²) in [6.45, 7) is 17.6. The molecule has 1 unspecified atom stereocenters. The molecule has 0 spiro atoms. The standard InChI is InChI=1S/C32H37NO4/c1-16(2)22-10-12-23(13-11-22)28-26-19(5)30(17(3)18(4)31(26)37-32(28,8)9)36-25-15-14-24(20(6)34)29(33)27(25)21(7)35/h10-16,28H,33H2,1-9H3. The topological polar surface area (TPSA) is 78.6 Å². The van der Waals surface area contributed by atoms with Crippen LogP contribution in [0.5, 0.6) is 17.2 Å². The van der Waals surface area contributed by atoms with Crippen molar-refractivity contribution in [1.82, 2.24) is 0 Å². The first-order chi connectivity index (χ1) is 17.3. The van der Waals surface area contributed by atoms with Crippen molar-refractivity contribution in [3.63, 3.8) is 0 Å². The average Bonchev–Trinajstić information content (AvgIpc) is 3.11. The largest absolute Gasteiger partial charge is 0.486 e. The zero-order valence-electron chi connectivity index (χ0n) is 23.3. The number of nitrogen functional groups attached to an aromatic ring is 1. The molecule has 37 heavy (non-hydrogen) atoms. The molecule has 194 valence electrons. The van der Waals surface area contributed by atoms with Crippen molar-refractivity contribution in [2.24, 2.45) is 0 Å². The second-order valence-corrected chi connectivity index (χ2v) is 11.0. The van der Waals surface area contributed by atoms with Gasteiger partial charge in [0, 0.05) is 11.1 Å². The second-order valence-electron chi connectivity index (χ2n) is 11.0. The van der Waals surface area contributed by atoms with E-state index in [-0.39, 0.29) is 28.7 Å². The first-order valence-electron chi connectivity index (χ1n) is 12.8. The van der Waals surface area contributed by atoms with Crippen molar-refractivity contribution in [3.05, 3.63) is 80.9 Å². The number of benzene rings is 3. The number of hydrogen-bond acceptors (Lipinski definition) is 5. The number of rotatable bonds is 6. The van der Waals surface area contributed by atoms with E-state index in [4.69, 9.17) is 15.2 Å². The highest BCUT2D eigenvalue weighted by Crippen LogP contribution is 2.54. The quantitative estimate of drug-likeness (QED) is 0.276. The van der Waals surface area contributed by atoms with Crippen LogP contribution >= 0.6 is 0 Å². The summed E-state index contributed by atoms with van der Waals surface area (Å²) in [5.74, 6) is 1.93. The number of carbonyl (C=O) groups excluding carboxylic acids is 2. The summed E-state index contributed by atoms with van der Waals surface area (Å²) in [6, 6.07) is 12.1. The SMILES string of the molecule is CC(=O)c1ccc(Oc2c(C)c(C)c3c(c2C)C(c2ccc(C(C)C)cc2)C(C)(C)O3)c(C(C)=O)c1N. The van der Waals surface area contributed by atoms with Crippen LogP contribution in [0.4, 0.5) is 5.69 Å². The number of ether oxygens (including phenoxy) is 2.